The Bertz CT molecular complexity index is 277. The van der Waals surface area contributed by atoms with Gasteiger partial charge in [0.2, 0.25) is 0 Å². The van der Waals surface area contributed by atoms with Crippen LogP contribution >= 0.6 is 0 Å². The van der Waals surface area contributed by atoms with Gasteiger partial charge in [0.15, 0.2) is 0 Å². The molecule has 74 valence electrons. The minimum Gasteiger partial charge on any atom is -0.474 e. The maximum Gasteiger partial charge on any atom is 0.123 e. The van der Waals surface area contributed by atoms with Gasteiger partial charge in [-0.3, -0.25) is 0 Å². The first-order valence-electron chi connectivity index (χ1n) is 4.42. The molecule has 1 heterocycles. The molecule has 0 radical (unpaired) electrons. The Morgan fingerprint density at radius 2 is 2.15 bits per heavy atom. The van der Waals surface area contributed by atoms with E-state index in [0.29, 0.717) is 0 Å². The molecular formula is C9H17NO2Si. The van der Waals surface area contributed by atoms with E-state index in [1.165, 1.54) is 0 Å². The molecule has 13 heavy (non-hydrogen) atoms. The van der Waals surface area contributed by atoms with Crippen LogP contribution in [0.25, 0.3) is 0 Å². The van der Waals surface area contributed by atoms with Gasteiger partial charge in [-0.2, -0.15) is 0 Å². The monoisotopic (exact) mass is 199 g/mol. The zero-order valence-corrected chi connectivity index (χ0v) is 9.37. The number of furan rings is 1. The highest BCUT2D eigenvalue weighted by Gasteiger charge is 2.22. The molecule has 0 fully saturated rings. The highest BCUT2D eigenvalue weighted by molar-refractivity contribution is 6.87. The molecule has 1 rings (SSSR count). The predicted octanol–water partition coefficient (Wildman–Crippen LogP) is 0.817. The first kappa shape index (κ1) is 10.5. The molecule has 0 bridgehead atoms. The normalized spacial score (nSPS) is 14.5. The van der Waals surface area contributed by atoms with Gasteiger partial charge in [-0.25, -0.2) is 0 Å². The summed E-state index contributed by atoms with van der Waals surface area (Å²) in [5, 5.41) is 10.4. The Morgan fingerprint density at radius 3 is 2.54 bits per heavy atom. The second kappa shape index (κ2) is 3.65. The fourth-order valence-electron chi connectivity index (χ4n) is 1.06. The molecule has 1 aromatic rings. The molecule has 0 spiro atoms. The Balaban J connectivity index is 2.87. The minimum atomic E-state index is -1.39. The van der Waals surface area contributed by atoms with Gasteiger partial charge < -0.3 is 15.3 Å². The summed E-state index contributed by atoms with van der Waals surface area (Å²) >= 11 is 0. The average molecular weight is 199 g/mol. The average Bonchev–Trinajstić information content (AvgIpc) is 2.50. The second-order valence-corrected chi connectivity index (χ2v) is 9.24. The first-order chi connectivity index (χ1) is 5.95. The van der Waals surface area contributed by atoms with Crippen LogP contribution in [-0.4, -0.2) is 19.7 Å². The Labute approximate surface area is 79.6 Å². The van der Waals surface area contributed by atoms with E-state index in [0.717, 1.165) is 10.9 Å². The summed E-state index contributed by atoms with van der Waals surface area (Å²) < 4.78 is 5.40. The zero-order valence-electron chi connectivity index (χ0n) is 8.37. The van der Waals surface area contributed by atoms with Gasteiger partial charge in [0.1, 0.15) is 8.07 Å². The molecule has 0 aromatic carbocycles. The number of aliphatic hydroxyl groups is 1. The molecule has 1 unspecified atom stereocenters. The molecule has 1 aromatic heterocycles. The number of rotatable bonds is 3. The van der Waals surface area contributed by atoms with E-state index in [4.69, 9.17) is 10.2 Å². The number of hydrogen-bond donors (Lipinski definition) is 2. The largest absolute Gasteiger partial charge is 0.474 e. The van der Waals surface area contributed by atoms with Crippen molar-refractivity contribution >= 4 is 13.5 Å². The molecule has 0 saturated heterocycles. The van der Waals surface area contributed by atoms with Crippen molar-refractivity contribution in [1.82, 2.24) is 0 Å². The van der Waals surface area contributed by atoms with Crippen molar-refractivity contribution in [3.8, 4) is 0 Å². The standard InChI is InChI=1S/C9H17NO2Si/c1-13(2,3)9-4-7(6-12-9)8(11)5-10/h4,6,8,11H,5,10H2,1-3H3. The molecule has 0 aliphatic carbocycles. The Morgan fingerprint density at radius 1 is 1.54 bits per heavy atom. The maximum atomic E-state index is 9.44. The summed E-state index contributed by atoms with van der Waals surface area (Å²) in [5.74, 6) is 0. The summed E-state index contributed by atoms with van der Waals surface area (Å²) in [6.45, 7) is 6.84. The van der Waals surface area contributed by atoms with Crippen LogP contribution in [0.1, 0.15) is 11.7 Å². The molecule has 1 atom stereocenters. The summed E-state index contributed by atoms with van der Waals surface area (Å²) in [4.78, 5) is 0. The van der Waals surface area contributed by atoms with E-state index in [1.807, 2.05) is 6.07 Å². The van der Waals surface area contributed by atoms with Gasteiger partial charge >= 0.3 is 0 Å². The number of nitrogens with two attached hydrogens (primary N) is 1. The van der Waals surface area contributed by atoms with Crippen LogP contribution in [0.2, 0.25) is 19.6 Å². The molecular weight excluding hydrogens is 182 g/mol. The Hall–Kier alpha value is -0.583. The van der Waals surface area contributed by atoms with E-state index >= 15 is 0 Å². The molecule has 3 nitrogen and oxygen atoms in total. The fourth-order valence-corrected chi connectivity index (χ4v) is 2.07. The van der Waals surface area contributed by atoms with Crippen molar-refractivity contribution in [1.29, 1.82) is 0 Å². The molecule has 3 N–H and O–H groups in total. The molecule has 4 heteroatoms. The van der Waals surface area contributed by atoms with E-state index in [9.17, 15) is 5.11 Å². The quantitative estimate of drug-likeness (QED) is 0.708. The lowest BCUT2D eigenvalue weighted by molar-refractivity contribution is 0.186. The summed E-state index contributed by atoms with van der Waals surface area (Å²) in [5.41, 5.74) is 6.13. The van der Waals surface area contributed by atoms with Gasteiger partial charge in [0, 0.05) is 12.1 Å². The van der Waals surface area contributed by atoms with Crippen molar-refractivity contribution in [2.75, 3.05) is 6.54 Å². The van der Waals surface area contributed by atoms with E-state index in [1.54, 1.807) is 6.26 Å². The highest BCUT2D eigenvalue weighted by Crippen LogP contribution is 2.13. The SMILES string of the molecule is C[Si](C)(C)c1cc(C(O)CN)co1. The predicted molar refractivity (Wildman–Crippen MR) is 55.7 cm³/mol. The van der Waals surface area contributed by atoms with Crippen LogP contribution in [-0.2, 0) is 0 Å². The lowest BCUT2D eigenvalue weighted by atomic mass is 10.2. The van der Waals surface area contributed by atoms with Gasteiger partial charge in [-0.05, 0) is 6.07 Å². The van der Waals surface area contributed by atoms with E-state index in [2.05, 4.69) is 19.6 Å². The third kappa shape index (κ3) is 2.43. The number of aliphatic hydroxyl groups excluding tert-OH is 1. The van der Waals surface area contributed by atoms with E-state index in [-0.39, 0.29) is 6.54 Å². The first-order valence-corrected chi connectivity index (χ1v) is 7.92. The van der Waals surface area contributed by atoms with E-state index < -0.39 is 14.2 Å². The van der Waals surface area contributed by atoms with Crippen LogP contribution in [0.5, 0.6) is 0 Å². The summed E-state index contributed by atoms with van der Waals surface area (Å²) in [6.07, 6.45) is 1.01. The lowest BCUT2D eigenvalue weighted by Crippen LogP contribution is -2.36. The molecule has 0 saturated carbocycles. The van der Waals surface area contributed by atoms with Crippen LogP contribution in [0.3, 0.4) is 0 Å². The van der Waals surface area contributed by atoms with Crippen LogP contribution in [0, 0.1) is 0 Å². The highest BCUT2D eigenvalue weighted by atomic mass is 28.3. The van der Waals surface area contributed by atoms with Crippen molar-refractivity contribution < 1.29 is 9.52 Å². The van der Waals surface area contributed by atoms with Crippen molar-refractivity contribution in [2.24, 2.45) is 5.73 Å². The number of hydrogen-bond acceptors (Lipinski definition) is 3. The lowest BCUT2D eigenvalue weighted by Gasteiger charge is -2.10. The third-order valence-electron chi connectivity index (χ3n) is 1.97. The summed E-state index contributed by atoms with van der Waals surface area (Å²) in [6, 6.07) is 1.92. The van der Waals surface area contributed by atoms with Crippen molar-refractivity contribution in [3.05, 3.63) is 17.9 Å². The van der Waals surface area contributed by atoms with Gasteiger partial charge in [0.05, 0.1) is 17.8 Å². The van der Waals surface area contributed by atoms with Gasteiger partial charge in [-0.1, -0.05) is 19.6 Å². The summed E-state index contributed by atoms with van der Waals surface area (Å²) in [7, 11) is -1.39. The third-order valence-corrected chi connectivity index (χ3v) is 3.71. The van der Waals surface area contributed by atoms with Crippen LogP contribution < -0.4 is 11.1 Å². The van der Waals surface area contributed by atoms with Crippen LogP contribution in [0.4, 0.5) is 0 Å². The maximum absolute atomic E-state index is 9.44. The molecule has 0 aliphatic rings. The van der Waals surface area contributed by atoms with Crippen molar-refractivity contribution in [2.45, 2.75) is 25.7 Å². The van der Waals surface area contributed by atoms with Gasteiger partial charge in [0.25, 0.3) is 0 Å². The fraction of sp³-hybridized carbons (Fsp3) is 0.556. The Kier molecular flexibility index (Phi) is 2.95. The topological polar surface area (TPSA) is 59.4 Å². The second-order valence-electron chi connectivity index (χ2n) is 4.25. The minimum absolute atomic E-state index is 0.241. The van der Waals surface area contributed by atoms with Crippen molar-refractivity contribution in [3.63, 3.8) is 0 Å². The van der Waals surface area contributed by atoms with Gasteiger partial charge in [-0.15, -0.1) is 0 Å². The van der Waals surface area contributed by atoms with Crippen LogP contribution in [0.15, 0.2) is 16.7 Å². The smallest absolute Gasteiger partial charge is 0.123 e. The zero-order chi connectivity index (χ0) is 10.1. The molecule has 0 aliphatic heterocycles. The molecule has 0 amide bonds.